The van der Waals surface area contributed by atoms with Gasteiger partial charge in [0.2, 0.25) is 5.91 Å². The number of nitrogens with zero attached hydrogens (tertiary/aromatic N) is 1. The fourth-order valence-corrected chi connectivity index (χ4v) is 3.70. The van der Waals surface area contributed by atoms with Crippen molar-refractivity contribution in [2.45, 2.75) is 39.2 Å². The van der Waals surface area contributed by atoms with Gasteiger partial charge in [-0.15, -0.1) is 0 Å². The SMILES string of the molecule is CC(C)C(NC(=O)CCCc1ncc(-c2ccccc2)o1)c1ccc2c(c1)OCCO2. The highest BCUT2D eigenvalue weighted by Crippen LogP contribution is 2.34. The van der Waals surface area contributed by atoms with E-state index in [1.807, 2.05) is 48.5 Å². The van der Waals surface area contributed by atoms with Crippen LogP contribution in [0.25, 0.3) is 11.3 Å². The number of rotatable bonds is 8. The second-order valence-corrected chi connectivity index (χ2v) is 8.03. The average Bonchev–Trinajstić information content (AvgIpc) is 3.26. The summed E-state index contributed by atoms with van der Waals surface area (Å²) >= 11 is 0. The van der Waals surface area contributed by atoms with Gasteiger partial charge >= 0.3 is 0 Å². The minimum absolute atomic E-state index is 0.0171. The highest BCUT2D eigenvalue weighted by molar-refractivity contribution is 5.76. The van der Waals surface area contributed by atoms with Crippen LogP contribution in [0.4, 0.5) is 0 Å². The maximum atomic E-state index is 12.6. The summed E-state index contributed by atoms with van der Waals surface area (Å²) in [6, 6.07) is 15.7. The summed E-state index contributed by atoms with van der Waals surface area (Å²) in [5.74, 6) is 3.15. The minimum atomic E-state index is -0.0882. The molecule has 31 heavy (non-hydrogen) atoms. The quantitative estimate of drug-likeness (QED) is 0.558. The third-order valence-electron chi connectivity index (χ3n) is 5.31. The number of carbonyl (C=O) groups is 1. The molecule has 3 aromatic rings. The number of fused-ring (bicyclic) bond motifs is 1. The van der Waals surface area contributed by atoms with Crippen molar-refractivity contribution in [2.75, 3.05) is 13.2 Å². The minimum Gasteiger partial charge on any atom is -0.486 e. The van der Waals surface area contributed by atoms with Crippen LogP contribution in [-0.2, 0) is 11.2 Å². The Bertz CT molecular complexity index is 1010. The number of hydrogen-bond donors (Lipinski definition) is 1. The fraction of sp³-hybridized carbons (Fsp3) is 0.360. The topological polar surface area (TPSA) is 73.6 Å². The van der Waals surface area contributed by atoms with E-state index in [0.29, 0.717) is 38.4 Å². The van der Waals surface area contributed by atoms with Crippen molar-refractivity contribution < 1.29 is 18.7 Å². The van der Waals surface area contributed by atoms with Crippen molar-refractivity contribution in [2.24, 2.45) is 5.92 Å². The normalized spacial score (nSPS) is 13.8. The third-order valence-corrected chi connectivity index (χ3v) is 5.31. The highest BCUT2D eigenvalue weighted by atomic mass is 16.6. The van der Waals surface area contributed by atoms with Crippen molar-refractivity contribution in [1.82, 2.24) is 10.3 Å². The van der Waals surface area contributed by atoms with Crippen molar-refractivity contribution >= 4 is 5.91 Å². The van der Waals surface area contributed by atoms with Gasteiger partial charge in [-0.25, -0.2) is 4.98 Å². The van der Waals surface area contributed by atoms with Crippen molar-refractivity contribution in [3.05, 3.63) is 66.2 Å². The Kier molecular flexibility index (Phi) is 6.55. The molecule has 1 N–H and O–H groups in total. The van der Waals surface area contributed by atoms with Gasteiger partial charge in [-0.2, -0.15) is 0 Å². The molecule has 0 radical (unpaired) electrons. The van der Waals surface area contributed by atoms with Crippen LogP contribution in [0.2, 0.25) is 0 Å². The van der Waals surface area contributed by atoms with Gasteiger partial charge in [-0.1, -0.05) is 50.2 Å². The van der Waals surface area contributed by atoms with Gasteiger partial charge in [0.05, 0.1) is 12.2 Å². The van der Waals surface area contributed by atoms with Crippen molar-refractivity contribution in [1.29, 1.82) is 0 Å². The Morgan fingerprint density at radius 3 is 2.61 bits per heavy atom. The van der Waals surface area contributed by atoms with Gasteiger partial charge in [-0.05, 0) is 30.0 Å². The van der Waals surface area contributed by atoms with Crippen molar-refractivity contribution in [3.8, 4) is 22.8 Å². The van der Waals surface area contributed by atoms with E-state index < -0.39 is 0 Å². The summed E-state index contributed by atoms with van der Waals surface area (Å²) in [6.45, 7) is 5.30. The molecule has 4 rings (SSSR count). The molecule has 6 nitrogen and oxygen atoms in total. The maximum Gasteiger partial charge on any atom is 0.220 e. The molecule has 0 fully saturated rings. The van der Waals surface area contributed by atoms with E-state index in [1.54, 1.807) is 6.20 Å². The lowest BCUT2D eigenvalue weighted by Crippen LogP contribution is -2.31. The molecule has 1 aromatic heterocycles. The number of ether oxygens (including phenoxy) is 2. The molecule has 162 valence electrons. The van der Waals surface area contributed by atoms with Gasteiger partial charge in [0, 0.05) is 18.4 Å². The molecule has 0 bridgehead atoms. The van der Waals surface area contributed by atoms with E-state index in [9.17, 15) is 4.79 Å². The number of carbonyl (C=O) groups excluding carboxylic acids is 1. The van der Waals surface area contributed by atoms with Crippen LogP contribution in [0.15, 0.2) is 59.1 Å². The lowest BCUT2D eigenvalue weighted by Gasteiger charge is -2.25. The zero-order chi connectivity index (χ0) is 21.6. The third kappa shape index (κ3) is 5.26. The smallest absolute Gasteiger partial charge is 0.220 e. The molecule has 0 aliphatic carbocycles. The van der Waals surface area contributed by atoms with Crippen LogP contribution >= 0.6 is 0 Å². The van der Waals surface area contributed by atoms with E-state index in [-0.39, 0.29) is 17.9 Å². The first kappa shape index (κ1) is 21.0. The Balaban J connectivity index is 1.31. The summed E-state index contributed by atoms with van der Waals surface area (Å²) in [4.78, 5) is 17.0. The van der Waals surface area contributed by atoms with Crippen LogP contribution in [-0.4, -0.2) is 24.1 Å². The van der Waals surface area contributed by atoms with Gasteiger partial charge < -0.3 is 19.2 Å². The first-order chi connectivity index (χ1) is 15.1. The van der Waals surface area contributed by atoms with Crippen LogP contribution in [0.5, 0.6) is 11.5 Å². The van der Waals surface area contributed by atoms with Gasteiger partial charge in [0.15, 0.2) is 23.1 Å². The molecule has 1 aliphatic rings. The number of benzene rings is 2. The number of aryl methyl sites for hydroxylation is 1. The Morgan fingerprint density at radius 2 is 1.84 bits per heavy atom. The molecule has 1 amide bonds. The molecular formula is C25H28N2O4. The number of nitrogens with one attached hydrogen (secondary N) is 1. The predicted octanol–water partition coefficient (Wildman–Crippen LogP) is 4.95. The first-order valence-electron chi connectivity index (χ1n) is 10.8. The molecular weight excluding hydrogens is 392 g/mol. The standard InChI is InChI=1S/C25H28N2O4/c1-17(2)25(19-11-12-20-21(15-19)30-14-13-29-20)27-23(28)9-6-10-24-26-16-22(31-24)18-7-4-3-5-8-18/h3-5,7-8,11-12,15-17,25H,6,9-10,13-14H2,1-2H3,(H,27,28). The van der Waals surface area contributed by atoms with E-state index >= 15 is 0 Å². The molecule has 1 atom stereocenters. The Labute approximate surface area is 182 Å². The molecule has 0 spiro atoms. The van der Waals surface area contributed by atoms with E-state index in [0.717, 1.165) is 28.4 Å². The number of aromatic nitrogens is 1. The second-order valence-electron chi connectivity index (χ2n) is 8.03. The molecule has 0 saturated heterocycles. The first-order valence-corrected chi connectivity index (χ1v) is 10.8. The lowest BCUT2D eigenvalue weighted by molar-refractivity contribution is -0.122. The molecule has 1 unspecified atom stereocenters. The summed E-state index contributed by atoms with van der Waals surface area (Å²) in [7, 11) is 0. The van der Waals surface area contributed by atoms with E-state index in [4.69, 9.17) is 13.9 Å². The fourth-order valence-electron chi connectivity index (χ4n) is 3.70. The number of hydrogen-bond acceptors (Lipinski definition) is 5. The summed E-state index contributed by atoms with van der Waals surface area (Å²) in [5, 5.41) is 3.17. The van der Waals surface area contributed by atoms with Crippen LogP contribution in [0, 0.1) is 5.92 Å². The van der Waals surface area contributed by atoms with Gasteiger partial charge in [0.1, 0.15) is 13.2 Å². The van der Waals surface area contributed by atoms with E-state index in [1.165, 1.54) is 0 Å². The summed E-state index contributed by atoms with van der Waals surface area (Å²) in [5.41, 5.74) is 2.02. The number of amides is 1. The molecule has 6 heteroatoms. The molecule has 1 aliphatic heterocycles. The summed E-state index contributed by atoms with van der Waals surface area (Å²) < 4.78 is 17.1. The van der Waals surface area contributed by atoms with Gasteiger partial charge in [-0.3, -0.25) is 4.79 Å². The summed E-state index contributed by atoms with van der Waals surface area (Å²) in [6.07, 6.45) is 3.45. The zero-order valence-electron chi connectivity index (χ0n) is 18.0. The molecule has 2 heterocycles. The molecule has 2 aromatic carbocycles. The predicted molar refractivity (Wildman–Crippen MR) is 118 cm³/mol. The van der Waals surface area contributed by atoms with Crippen LogP contribution in [0.1, 0.15) is 44.2 Å². The average molecular weight is 421 g/mol. The van der Waals surface area contributed by atoms with Crippen molar-refractivity contribution in [3.63, 3.8) is 0 Å². The maximum absolute atomic E-state index is 12.6. The lowest BCUT2D eigenvalue weighted by atomic mass is 9.95. The second kappa shape index (κ2) is 9.69. The van der Waals surface area contributed by atoms with Gasteiger partial charge in [0.25, 0.3) is 0 Å². The Hall–Kier alpha value is -3.28. The van der Waals surface area contributed by atoms with Crippen LogP contribution < -0.4 is 14.8 Å². The molecule has 0 saturated carbocycles. The van der Waals surface area contributed by atoms with E-state index in [2.05, 4.69) is 24.1 Å². The largest absolute Gasteiger partial charge is 0.486 e. The number of oxazole rings is 1. The monoisotopic (exact) mass is 420 g/mol. The highest BCUT2D eigenvalue weighted by Gasteiger charge is 2.21. The van der Waals surface area contributed by atoms with Crippen LogP contribution in [0.3, 0.4) is 0 Å². The Morgan fingerprint density at radius 1 is 1.06 bits per heavy atom. The zero-order valence-corrected chi connectivity index (χ0v) is 18.0.